The molecule has 0 rings (SSSR count). The van der Waals surface area contributed by atoms with Crippen LogP contribution in [0.2, 0.25) is 0 Å². The van der Waals surface area contributed by atoms with Crippen molar-refractivity contribution in [3.63, 3.8) is 0 Å². The van der Waals surface area contributed by atoms with Crippen molar-refractivity contribution >= 4 is 11.8 Å². The smallest absolute Gasteiger partial charge is 0.0113 e. The molecule has 3 heteroatoms. The van der Waals surface area contributed by atoms with Gasteiger partial charge in [0, 0.05) is 18.3 Å². The molecule has 11 heavy (non-hydrogen) atoms. The molecule has 0 bridgehead atoms. The zero-order valence-electron chi connectivity index (χ0n) is 7.12. The van der Waals surface area contributed by atoms with Crippen molar-refractivity contribution in [2.75, 3.05) is 18.1 Å². The Labute approximate surface area is 73.4 Å². The van der Waals surface area contributed by atoms with E-state index >= 15 is 0 Å². The molecular weight excluding hydrogens is 156 g/mol. The first kappa shape index (κ1) is 11.0. The van der Waals surface area contributed by atoms with Crippen molar-refractivity contribution in [1.82, 2.24) is 0 Å². The normalized spacial score (nSPS) is 14.1. The summed E-state index contributed by atoms with van der Waals surface area (Å²) >= 11 is 1.90. The van der Waals surface area contributed by atoms with Crippen LogP contribution in [0.5, 0.6) is 0 Å². The lowest BCUT2D eigenvalue weighted by atomic mass is 10.3. The van der Waals surface area contributed by atoms with Crippen molar-refractivity contribution in [3.05, 3.63) is 12.2 Å². The molecule has 0 radical (unpaired) electrons. The van der Waals surface area contributed by atoms with E-state index in [0.717, 1.165) is 17.9 Å². The highest BCUT2D eigenvalue weighted by Crippen LogP contribution is 2.03. The summed E-state index contributed by atoms with van der Waals surface area (Å²) in [6, 6.07) is 0.334. The van der Waals surface area contributed by atoms with E-state index in [1.165, 1.54) is 0 Å². The van der Waals surface area contributed by atoms with Gasteiger partial charge in [-0.25, -0.2) is 0 Å². The first-order valence-corrected chi connectivity index (χ1v) is 5.11. The zero-order chi connectivity index (χ0) is 8.53. The van der Waals surface area contributed by atoms with Gasteiger partial charge in [0.15, 0.2) is 0 Å². The van der Waals surface area contributed by atoms with Crippen LogP contribution < -0.4 is 11.5 Å². The Morgan fingerprint density at radius 3 is 2.73 bits per heavy atom. The first-order valence-electron chi connectivity index (χ1n) is 3.95. The molecule has 0 aromatic rings. The number of thioether (sulfide) groups is 1. The largest absolute Gasteiger partial charge is 0.328 e. The van der Waals surface area contributed by atoms with E-state index in [1.807, 2.05) is 24.8 Å². The Kier molecular flexibility index (Phi) is 8.12. The fourth-order valence-electron chi connectivity index (χ4n) is 0.585. The topological polar surface area (TPSA) is 52.0 Å². The van der Waals surface area contributed by atoms with Crippen LogP contribution in [0.4, 0.5) is 0 Å². The maximum atomic E-state index is 5.58. The number of nitrogens with two attached hydrogens (primary N) is 2. The Balaban J connectivity index is 2.96. The molecule has 1 atom stereocenters. The molecule has 0 aliphatic rings. The highest BCUT2D eigenvalue weighted by atomic mass is 32.2. The summed E-state index contributed by atoms with van der Waals surface area (Å²) in [6.07, 6.45) is 5.19. The van der Waals surface area contributed by atoms with Crippen molar-refractivity contribution in [2.45, 2.75) is 19.4 Å². The summed E-state index contributed by atoms with van der Waals surface area (Å²) in [4.78, 5) is 0. The third kappa shape index (κ3) is 10.0. The molecular formula is C8H18N2S. The molecule has 0 aromatic heterocycles. The minimum Gasteiger partial charge on any atom is -0.328 e. The van der Waals surface area contributed by atoms with Gasteiger partial charge in [-0.05, 0) is 19.1 Å². The fourth-order valence-corrected chi connectivity index (χ4v) is 1.56. The molecule has 0 spiro atoms. The van der Waals surface area contributed by atoms with E-state index in [-0.39, 0.29) is 0 Å². The Hall–Kier alpha value is 0.01000. The van der Waals surface area contributed by atoms with Gasteiger partial charge in [0.25, 0.3) is 0 Å². The Morgan fingerprint density at radius 1 is 1.45 bits per heavy atom. The van der Waals surface area contributed by atoms with Gasteiger partial charge in [0.1, 0.15) is 0 Å². The standard InChI is InChI=1S/C8H18N2S/c1-8(10)4-7-11-6-3-2-5-9/h2-3,8H,4-7,9-10H2,1H3. The lowest BCUT2D eigenvalue weighted by Gasteiger charge is -2.01. The summed E-state index contributed by atoms with van der Waals surface area (Å²) < 4.78 is 0. The van der Waals surface area contributed by atoms with Gasteiger partial charge in [-0.3, -0.25) is 0 Å². The van der Waals surface area contributed by atoms with Crippen LogP contribution in [0.15, 0.2) is 12.2 Å². The van der Waals surface area contributed by atoms with Crippen LogP contribution in [0.25, 0.3) is 0 Å². The van der Waals surface area contributed by atoms with E-state index in [0.29, 0.717) is 12.6 Å². The van der Waals surface area contributed by atoms with E-state index in [9.17, 15) is 0 Å². The van der Waals surface area contributed by atoms with E-state index in [4.69, 9.17) is 11.5 Å². The lowest BCUT2D eigenvalue weighted by molar-refractivity contribution is 0.721. The van der Waals surface area contributed by atoms with Crippen molar-refractivity contribution in [1.29, 1.82) is 0 Å². The molecule has 0 saturated carbocycles. The molecule has 2 nitrogen and oxygen atoms in total. The van der Waals surface area contributed by atoms with Crippen LogP contribution >= 0.6 is 11.8 Å². The molecule has 0 aliphatic carbocycles. The third-order valence-electron chi connectivity index (χ3n) is 1.23. The molecule has 0 heterocycles. The van der Waals surface area contributed by atoms with Crippen LogP contribution in [0, 0.1) is 0 Å². The van der Waals surface area contributed by atoms with Gasteiger partial charge < -0.3 is 11.5 Å². The van der Waals surface area contributed by atoms with E-state index in [1.54, 1.807) is 0 Å². The Bertz CT molecular complexity index is 102. The lowest BCUT2D eigenvalue weighted by Crippen LogP contribution is -2.15. The molecule has 1 unspecified atom stereocenters. The third-order valence-corrected chi connectivity index (χ3v) is 2.19. The van der Waals surface area contributed by atoms with Gasteiger partial charge in [0.2, 0.25) is 0 Å². The Morgan fingerprint density at radius 2 is 2.18 bits per heavy atom. The zero-order valence-corrected chi connectivity index (χ0v) is 7.94. The molecule has 0 aromatic carbocycles. The summed E-state index contributed by atoms with van der Waals surface area (Å²) in [5, 5.41) is 0. The molecule has 66 valence electrons. The number of hydrogen-bond donors (Lipinski definition) is 2. The first-order chi connectivity index (χ1) is 5.27. The number of hydrogen-bond acceptors (Lipinski definition) is 3. The van der Waals surface area contributed by atoms with E-state index < -0.39 is 0 Å². The van der Waals surface area contributed by atoms with Crippen LogP contribution in [0.3, 0.4) is 0 Å². The van der Waals surface area contributed by atoms with Gasteiger partial charge in [-0.2, -0.15) is 11.8 Å². The van der Waals surface area contributed by atoms with Crippen LogP contribution in [0.1, 0.15) is 13.3 Å². The van der Waals surface area contributed by atoms with Gasteiger partial charge >= 0.3 is 0 Å². The number of rotatable bonds is 6. The predicted molar refractivity (Wildman–Crippen MR) is 53.8 cm³/mol. The summed E-state index contributed by atoms with van der Waals surface area (Å²) in [7, 11) is 0. The molecule has 0 amide bonds. The second-order valence-corrected chi connectivity index (χ2v) is 3.70. The summed E-state index contributed by atoms with van der Waals surface area (Å²) in [5.74, 6) is 2.20. The molecule has 0 aliphatic heterocycles. The maximum absolute atomic E-state index is 5.58. The quantitative estimate of drug-likeness (QED) is 0.466. The monoisotopic (exact) mass is 174 g/mol. The average Bonchev–Trinajstić information content (AvgIpc) is 1.96. The SMILES string of the molecule is CC(N)CCSCC=CCN. The van der Waals surface area contributed by atoms with Crippen molar-refractivity contribution in [2.24, 2.45) is 11.5 Å². The second-order valence-electron chi connectivity index (χ2n) is 2.55. The highest BCUT2D eigenvalue weighted by Gasteiger charge is 1.91. The van der Waals surface area contributed by atoms with Crippen molar-refractivity contribution in [3.8, 4) is 0 Å². The predicted octanol–water partition coefficient (Wildman–Crippen LogP) is 0.972. The minimum atomic E-state index is 0.334. The fraction of sp³-hybridized carbons (Fsp3) is 0.750. The second kappa shape index (κ2) is 8.11. The van der Waals surface area contributed by atoms with E-state index in [2.05, 4.69) is 6.08 Å². The van der Waals surface area contributed by atoms with Crippen molar-refractivity contribution < 1.29 is 0 Å². The van der Waals surface area contributed by atoms with Crippen LogP contribution in [-0.4, -0.2) is 24.1 Å². The van der Waals surface area contributed by atoms with Gasteiger partial charge in [0.05, 0.1) is 0 Å². The molecule has 0 saturated heterocycles. The van der Waals surface area contributed by atoms with Crippen LogP contribution in [-0.2, 0) is 0 Å². The summed E-state index contributed by atoms with van der Waals surface area (Å²) in [6.45, 7) is 2.68. The van der Waals surface area contributed by atoms with Gasteiger partial charge in [-0.15, -0.1) is 0 Å². The minimum absolute atomic E-state index is 0.334. The highest BCUT2D eigenvalue weighted by molar-refractivity contribution is 7.99. The average molecular weight is 174 g/mol. The maximum Gasteiger partial charge on any atom is 0.0113 e. The molecule has 0 fully saturated rings. The molecule has 4 N–H and O–H groups in total. The summed E-state index contributed by atoms with van der Waals surface area (Å²) in [5.41, 5.74) is 10.9. The van der Waals surface area contributed by atoms with Gasteiger partial charge in [-0.1, -0.05) is 12.2 Å².